The number of rotatable bonds is 9. The molecule has 0 aliphatic heterocycles. The van der Waals surface area contributed by atoms with Gasteiger partial charge < -0.3 is 19.3 Å². The van der Waals surface area contributed by atoms with Gasteiger partial charge in [-0.05, 0) is 71.0 Å². The Bertz CT molecular complexity index is 764. The molecule has 0 radical (unpaired) electrons. The Morgan fingerprint density at radius 2 is 1.50 bits per heavy atom. The summed E-state index contributed by atoms with van der Waals surface area (Å²) >= 11 is 16.2. The molecular weight excluding hydrogens is 424 g/mol. The summed E-state index contributed by atoms with van der Waals surface area (Å²) in [5.41, 5.74) is 0. The highest BCUT2D eigenvalue weighted by Gasteiger charge is 2.13. The van der Waals surface area contributed by atoms with Gasteiger partial charge in [-0.2, -0.15) is 0 Å². The molecule has 0 aromatic heterocycles. The van der Waals surface area contributed by atoms with Gasteiger partial charge in [0.25, 0.3) is 5.91 Å². The molecule has 0 fully saturated rings. The van der Waals surface area contributed by atoms with E-state index in [4.69, 9.17) is 43.6 Å². The first-order chi connectivity index (χ1) is 12.3. The molecule has 1 amide bonds. The topological polar surface area (TPSA) is 73.9 Å². The molecule has 26 heavy (non-hydrogen) atoms. The van der Waals surface area contributed by atoms with Crippen LogP contribution in [0.4, 0.5) is 0 Å². The lowest BCUT2D eigenvalue weighted by Gasteiger charge is -2.09. The fraction of sp³-hybridized carbons (Fsp3) is 0.188. The average Bonchev–Trinajstić information content (AvgIpc) is 2.59. The Morgan fingerprint density at radius 3 is 2.08 bits per heavy atom. The fourth-order valence-corrected chi connectivity index (χ4v) is 2.63. The lowest BCUT2D eigenvalue weighted by atomic mass is 10.3. The number of halogens is 3. The number of benzene rings is 2. The van der Waals surface area contributed by atoms with E-state index < -0.39 is 6.07 Å². The molecule has 10 heteroatoms. The first-order valence-corrected chi connectivity index (χ1v) is 11.2. The zero-order valence-electron chi connectivity index (χ0n) is 13.4. The van der Waals surface area contributed by atoms with Crippen LogP contribution in [0.25, 0.3) is 0 Å². The second-order valence-electron chi connectivity index (χ2n) is 4.91. The van der Waals surface area contributed by atoms with E-state index in [9.17, 15) is 9.36 Å². The normalized spacial score (nSPS) is 11.0. The third kappa shape index (κ3) is 8.30. The second-order valence-corrected chi connectivity index (χ2v) is 9.63. The molecule has 0 spiro atoms. The zero-order chi connectivity index (χ0) is 19.0. The van der Waals surface area contributed by atoms with Gasteiger partial charge in [0.05, 0.1) is 6.61 Å². The molecule has 0 saturated carbocycles. The first-order valence-electron chi connectivity index (χ1n) is 7.39. The molecule has 0 bridgehead atoms. The number of hydrogen-bond donors (Lipinski definition) is 1. The SMILES string of the molecule is O=C(COc1ccc(Oc2ccc(Cl)cc2)cc1)NCCOP(=O)(Cl)Cl. The molecule has 0 unspecified atom stereocenters. The lowest BCUT2D eigenvalue weighted by Crippen LogP contribution is -2.31. The van der Waals surface area contributed by atoms with Gasteiger partial charge in [0.2, 0.25) is 0 Å². The quantitative estimate of drug-likeness (QED) is 0.429. The molecule has 6 nitrogen and oxygen atoms in total. The molecule has 0 heterocycles. The van der Waals surface area contributed by atoms with E-state index in [1.807, 2.05) is 0 Å². The summed E-state index contributed by atoms with van der Waals surface area (Å²) in [4.78, 5) is 11.6. The highest BCUT2D eigenvalue weighted by molar-refractivity contribution is 8.05. The van der Waals surface area contributed by atoms with Crippen LogP contribution in [0.2, 0.25) is 5.02 Å². The summed E-state index contributed by atoms with van der Waals surface area (Å²) in [5, 5.41) is 3.14. The van der Waals surface area contributed by atoms with Crippen molar-refractivity contribution in [3.05, 3.63) is 53.6 Å². The van der Waals surface area contributed by atoms with Gasteiger partial charge in [-0.25, -0.2) is 0 Å². The minimum atomic E-state index is -3.58. The maximum atomic E-state index is 11.6. The van der Waals surface area contributed by atoms with Crippen LogP contribution in [-0.4, -0.2) is 25.7 Å². The molecule has 0 aliphatic carbocycles. The van der Waals surface area contributed by atoms with Crippen LogP contribution < -0.4 is 14.8 Å². The van der Waals surface area contributed by atoms with Crippen molar-refractivity contribution in [2.75, 3.05) is 19.8 Å². The number of nitrogens with one attached hydrogen (secondary N) is 1. The standard InChI is InChI=1S/C16H15Cl3NO5P/c17-12-1-3-14(4-2-12)25-15-7-5-13(6-8-15)23-11-16(21)20-9-10-24-26(18,19)22/h1-8H,9-11H2,(H,20,21). The maximum Gasteiger partial charge on any atom is 0.380 e. The molecular formula is C16H15Cl3NO5P. The summed E-state index contributed by atoms with van der Waals surface area (Å²) in [6, 6.07) is 13.8. The van der Waals surface area contributed by atoms with Crippen molar-refractivity contribution in [3.8, 4) is 17.2 Å². The van der Waals surface area contributed by atoms with Gasteiger partial charge in [-0.1, -0.05) is 11.6 Å². The molecule has 0 aliphatic rings. The molecule has 0 atom stereocenters. The van der Waals surface area contributed by atoms with Gasteiger partial charge in [0.1, 0.15) is 17.2 Å². The van der Waals surface area contributed by atoms with Crippen molar-refractivity contribution in [3.63, 3.8) is 0 Å². The van der Waals surface area contributed by atoms with Gasteiger partial charge >= 0.3 is 6.07 Å². The van der Waals surface area contributed by atoms with Crippen molar-refractivity contribution in [1.29, 1.82) is 0 Å². The van der Waals surface area contributed by atoms with Crippen molar-refractivity contribution in [2.24, 2.45) is 0 Å². The minimum Gasteiger partial charge on any atom is -0.484 e. The minimum absolute atomic E-state index is 0.0627. The third-order valence-corrected chi connectivity index (χ3v) is 4.23. The largest absolute Gasteiger partial charge is 0.484 e. The van der Waals surface area contributed by atoms with Gasteiger partial charge in [0, 0.05) is 11.6 Å². The fourth-order valence-electron chi connectivity index (χ4n) is 1.78. The van der Waals surface area contributed by atoms with Gasteiger partial charge in [-0.3, -0.25) is 9.36 Å². The van der Waals surface area contributed by atoms with Crippen LogP contribution in [0.1, 0.15) is 0 Å². The molecule has 0 saturated heterocycles. The number of carbonyl (C=O) groups excluding carboxylic acids is 1. The predicted molar refractivity (Wildman–Crippen MR) is 102 cm³/mol. The Hall–Kier alpha value is -1.43. The van der Waals surface area contributed by atoms with E-state index in [0.717, 1.165) is 0 Å². The highest BCUT2D eigenvalue weighted by Crippen LogP contribution is 2.57. The Labute approximate surface area is 165 Å². The summed E-state index contributed by atoms with van der Waals surface area (Å²) in [6.07, 6.45) is -3.58. The van der Waals surface area contributed by atoms with Crippen LogP contribution >= 0.6 is 40.2 Å². The van der Waals surface area contributed by atoms with Crippen molar-refractivity contribution in [1.82, 2.24) is 5.32 Å². The molecule has 2 aromatic rings. The molecule has 2 aromatic carbocycles. The van der Waals surface area contributed by atoms with Crippen LogP contribution in [0, 0.1) is 0 Å². The van der Waals surface area contributed by atoms with E-state index in [2.05, 4.69) is 9.84 Å². The highest BCUT2D eigenvalue weighted by atomic mass is 35.9. The van der Waals surface area contributed by atoms with Gasteiger partial charge in [-0.15, -0.1) is 0 Å². The number of carbonyl (C=O) groups is 1. The van der Waals surface area contributed by atoms with E-state index in [1.54, 1.807) is 48.5 Å². The second kappa shape index (κ2) is 10.0. The van der Waals surface area contributed by atoms with Crippen molar-refractivity contribution >= 4 is 46.1 Å². The molecule has 2 rings (SSSR count). The third-order valence-electron chi connectivity index (χ3n) is 2.91. The van der Waals surface area contributed by atoms with E-state index in [0.29, 0.717) is 22.3 Å². The smallest absolute Gasteiger partial charge is 0.380 e. The zero-order valence-corrected chi connectivity index (χ0v) is 16.5. The maximum absolute atomic E-state index is 11.6. The number of hydrogen-bond acceptors (Lipinski definition) is 5. The summed E-state index contributed by atoms with van der Waals surface area (Å²) < 4.78 is 26.5. The Balaban J connectivity index is 1.72. The van der Waals surface area contributed by atoms with Crippen molar-refractivity contribution < 1.29 is 23.4 Å². The summed E-state index contributed by atoms with van der Waals surface area (Å²) in [5.74, 6) is 1.41. The summed E-state index contributed by atoms with van der Waals surface area (Å²) in [6.45, 7) is -0.136. The summed E-state index contributed by atoms with van der Waals surface area (Å²) in [7, 11) is 0. The van der Waals surface area contributed by atoms with Crippen LogP contribution in [0.3, 0.4) is 0 Å². The molecule has 140 valence electrons. The number of amides is 1. The van der Waals surface area contributed by atoms with Crippen molar-refractivity contribution in [2.45, 2.75) is 0 Å². The van der Waals surface area contributed by atoms with Crippen LogP contribution in [0.15, 0.2) is 48.5 Å². The van der Waals surface area contributed by atoms with E-state index in [-0.39, 0.29) is 25.7 Å². The van der Waals surface area contributed by atoms with Gasteiger partial charge in [0.15, 0.2) is 6.61 Å². The molecule has 1 N–H and O–H groups in total. The van der Waals surface area contributed by atoms with Crippen LogP contribution in [-0.2, 0) is 13.9 Å². The first kappa shape index (κ1) is 20.9. The lowest BCUT2D eigenvalue weighted by molar-refractivity contribution is -0.123. The average molecular weight is 439 g/mol. The predicted octanol–water partition coefficient (Wildman–Crippen LogP) is 5.23. The number of ether oxygens (including phenoxy) is 2. The monoisotopic (exact) mass is 437 g/mol. The van der Waals surface area contributed by atoms with Crippen LogP contribution in [0.5, 0.6) is 17.2 Å². The van der Waals surface area contributed by atoms with E-state index >= 15 is 0 Å². The van der Waals surface area contributed by atoms with E-state index in [1.165, 1.54) is 0 Å². The Kier molecular flexibility index (Phi) is 8.07. The Morgan fingerprint density at radius 1 is 0.962 bits per heavy atom.